The molecule has 0 amide bonds. The minimum Gasteiger partial charge on any atom is -0.508 e. The van der Waals surface area contributed by atoms with Crippen LogP contribution in [0.25, 0.3) is 6.08 Å². The maximum atomic E-state index is 10.5. The summed E-state index contributed by atoms with van der Waals surface area (Å²) in [7, 11) is 4.19. The van der Waals surface area contributed by atoms with Crippen LogP contribution in [0, 0.1) is 0 Å². The molecule has 0 saturated carbocycles. The molecule has 2 aliphatic heterocycles. The van der Waals surface area contributed by atoms with Crippen molar-refractivity contribution in [2.75, 3.05) is 21.3 Å². The van der Waals surface area contributed by atoms with Crippen molar-refractivity contribution in [2.45, 2.75) is 43.7 Å². The molecule has 35 heavy (non-hydrogen) atoms. The van der Waals surface area contributed by atoms with E-state index in [1.54, 1.807) is 6.08 Å². The zero-order chi connectivity index (χ0) is 25.4. The fourth-order valence-electron chi connectivity index (χ4n) is 4.04. The molecule has 0 spiro atoms. The van der Waals surface area contributed by atoms with E-state index in [2.05, 4.69) is 0 Å². The van der Waals surface area contributed by atoms with Crippen LogP contribution >= 0.6 is 0 Å². The summed E-state index contributed by atoms with van der Waals surface area (Å²) in [5.74, 6) is 0.655. The summed E-state index contributed by atoms with van der Waals surface area (Å²) >= 11 is 0. The lowest BCUT2D eigenvalue weighted by Gasteiger charge is -2.40. The summed E-state index contributed by atoms with van der Waals surface area (Å²) in [4.78, 5) is 0. The Morgan fingerprint density at radius 1 is 0.800 bits per heavy atom. The van der Waals surface area contributed by atoms with Gasteiger partial charge in [0.25, 0.3) is 0 Å². The fraction of sp³-hybridized carbons (Fsp3) is 0.417. The van der Waals surface area contributed by atoms with Gasteiger partial charge < -0.3 is 54.0 Å². The Kier molecular flexibility index (Phi) is 6.86. The van der Waals surface area contributed by atoms with Gasteiger partial charge in [-0.15, -0.1) is 0 Å². The average molecular weight is 492 g/mol. The van der Waals surface area contributed by atoms with E-state index >= 15 is 0 Å². The number of hydrogen-bond acceptors (Lipinski definition) is 11. The summed E-state index contributed by atoms with van der Waals surface area (Å²) < 4.78 is 33.6. The van der Waals surface area contributed by atoms with Gasteiger partial charge in [0.2, 0.25) is 12.0 Å². The van der Waals surface area contributed by atoms with Gasteiger partial charge in [-0.2, -0.15) is 0 Å². The molecule has 1 unspecified atom stereocenters. The van der Waals surface area contributed by atoms with Gasteiger partial charge in [0.15, 0.2) is 17.6 Å². The molecule has 11 nitrogen and oxygen atoms in total. The van der Waals surface area contributed by atoms with E-state index in [0.29, 0.717) is 16.9 Å². The Bertz CT molecular complexity index is 1090. The van der Waals surface area contributed by atoms with Crippen LogP contribution in [-0.2, 0) is 9.47 Å². The standard InChI is InChI=1S/C24H28O11/c1-10-19(26)21(28)22(29)24(33-10)35-18-9-13-14(30-2)7-12(25)8-15(13)34-23(18)11-5-16(31-3)20(27)17(6-11)32-4/h5-10,19,21-29H,1-4H3/t10-,19-,21+,22-,23?,24-/m0/s1. The first-order chi connectivity index (χ1) is 16.7. The van der Waals surface area contributed by atoms with Crippen molar-refractivity contribution in [2.24, 2.45) is 0 Å². The average Bonchev–Trinajstić information content (AvgIpc) is 2.85. The molecule has 4 rings (SSSR count). The zero-order valence-electron chi connectivity index (χ0n) is 19.5. The number of aliphatic hydroxyl groups is 3. The summed E-state index contributed by atoms with van der Waals surface area (Å²) in [6, 6.07) is 5.84. The molecular formula is C24H28O11. The van der Waals surface area contributed by atoms with Gasteiger partial charge in [-0.05, 0) is 25.1 Å². The minimum atomic E-state index is -1.56. The van der Waals surface area contributed by atoms with Crippen molar-refractivity contribution >= 4 is 6.08 Å². The number of phenolic OH excluding ortho intramolecular Hbond substituents is 2. The molecule has 6 atom stereocenters. The van der Waals surface area contributed by atoms with E-state index in [4.69, 9.17) is 28.4 Å². The minimum absolute atomic E-state index is 0.0880. The monoisotopic (exact) mass is 492 g/mol. The van der Waals surface area contributed by atoms with Gasteiger partial charge in [0.1, 0.15) is 41.3 Å². The zero-order valence-corrected chi connectivity index (χ0v) is 19.5. The summed E-state index contributed by atoms with van der Waals surface area (Å²) in [6.45, 7) is 1.54. The molecule has 2 aliphatic rings. The second-order valence-corrected chi connectivity index (χ2v) is 8.18. The Morgan fingerprint density at radius 2 is 1.43 bits per heavy atom. The number of benzene rings is 2. The Morgan fingerprint density at radius 3 is 2.03 bits per heavy atom. The fourth-order valence-corrected chi connectivity index (χ4v) is 4.04. The van der Waals surface area contributed by atoms with Crippen LogP contribution in [-0.4, -0.2) is 77.6 Å². The van der Waals surface area contributed by atoms with Crippen LogP contribution < -0.4 is 18.9 Å². The van der Waals surface area contributed by atoms with E-state index in [-0.39, 0.29) is 34.5 Å². The van der Waals surface area contributed by atoms with E-state index < -0.39 is 36.8 Å². The predicted molar refractivity (Wildman–Crippen MR) is 121 cm³/mol. The largest absolute Gasteiger partial charge is 0.508 e. The molecule has 1 fully saturated rings. The highest BCUT2D eigenvalue weighted by atomic mass is 16.7. The summed E-state index contributed by atoms with van der Waals surface area (Å²) in [5.41, 5.74) is 0.892. The van der Waals surface area contributed by atoms with Gasteiger partial charge in [-0.3, -0.25) is 0 Å². The summed E-state index contributed by atoms with van der Waals surface area (Å²) in [5, 5.41) is 51.2. The third-order valence-electron chi connectivity index (χ3n) is 5.96. The second kappa shape index (κ2) is 9.70. The van der Waals surface area contributed by atoms with E-state index in [0.717, 1.165) is 0 Å². The van der Waals surface area contributed by atoms with Gasteiger partial charge in [-0.25, -0.2) is 0 Å². The van der Waals surface area contributed by atoms with Crippen LogP contribution in [0.5, 0.6) is 34.5 Å². The first-order valence-electron chi connectivity index (χ1n) is 10.8. The SMILES string of the molecule is COc1cc(C2Oc3cc(O)cc(OC)c3C=C2O[C@@H]2O[C@@H](C)[C@H](O)[C@@H](O)[C@@H]2O)cc(OC)c1O. The molecular weight excluding hydrogens is 464 g/mol. The van der Waals surface area contributed by atoms with Crippen molar-refractivity contribution in [1.29, 1.82) is 0 Å². The third-order valence-corrected chi connectivity index (χ3v) is 5.96. The quantitative estimate of drug-likeness (QED) is 0.398. The van der Waals surface area contributed by atoms with Crippen molar-refractivity contribution in [3.63, 3.8) is 0 Å². The highest BCUT2D eigenvalue weighted by molar-refractivity contribution is 5.70. The van der Waals surface area contributed by atoms with E-state index in [9.17, 15) is 25.5 Å². The molecule has 0 aromatic heterocycles. The van der Waals surface area contributed by atoms with E-state index in [1.807, 2.05) is 0 Å². The number of aliphatic hydroxyl groups excluding tert-OH is 3. The first kappa shape index (κ1) is 24.7. The number of hydrogen-bond donors (Lipinski definition) is 5. The lowest BCUT2D eigenvalue weighted by molar-refractivity contribution is -0.285. The van der Waals surface area contributed by atoms with Crippen molar-refractivity contribution < 1.29 is 54.0 Å². The molecule has 11 heteroatoms. The normalized spacial score (nSPS) is 27.8. The van der Waals surface area contributed by atoms with Crippen molar-refractivity contribution in [3.8, 4) is 34.5 Å². The van der Waals surface area contributed by atoms with Crippen LogP contribution in [0.4, 0.5) is 0 Å². The highest BCUT2D eigenvalue weighted by Gasteiger charge is 2.44. The number of phenols is 2. The number of aromatic hydroxyl groups is 2. The molecule has 1 saturated heterocycles. The van der Waals surface area contributed by atoms with Crippen LogP contribution in [0.15, 0.2) is 30.0 Å². The molecule has 2 aromatic rings. The van der Waals surface area contributed by atoms with Crippen molar-refractivity contribution in [1.82, 2.24) is 0 Å². The third kappa shape index (κ3) is 4.50. The first-order valence-corrected chi connectivity index (χ1v) is 10.8. The number of ether oxygens (including phenoxy) is 6. The topological polar surface area (TPSA) is 157 Å². The molecule has 0 aliphatic carbocycles. The van der Waals surface area contributed by atoms with Crippen LogP contribution in [0.3, 0.4) is 0 Å². The van der Waals surface area contributed by atoms with Gasteiger partial charge in [0, 0.05) is 17.7 Å². The number of rotatable bonds is 6. The Labute approximate surface area is 201 Å². The highest BCUT2D eigenvalue weighted by Crippen LogP contribution is 2.47. The van der Waals surface area contributed by atoms with Crippen molar-refractivity contribution in [3.05, 3.63) is 41.2 Å². The van der Waals surface area contributed by atoms with Gasteiger partial charge >= 0.3 is 0 Å². The van der Waals surface area contributed by atoms with Crippen LogP contribution in [0.1, 0.15) is 24.2 Å². The maximum absolute atomic E-state index is 10.5. The summed E-state index contributed by atoms with van der Waals surface area (Å²) in [6.07, 6.45) is -5.92. The molecule has 0 radical (unpaired) electrons. The number of methoxy groups -OCH3 is 3. The molecule has 2 aromatic carbocycles. The van der Waals surface area contributed by atoms with E-state index in [1.165, 1.54) is 52.5 Å². The van der Waals surface area contributed by atoms with Gasteiger partial charge in [0.05, 0.1) is 33.0 Å². The maximum Gasteiger partial charge on any atom is 0.228 e. The lowest BCUT2D eigenvalue weighted by Crippen LogP contribution is -2.57. The van der Waals surface area contributed by atoms with Crippen LogP contribution in [0.2, 0.25) is 0 Å². The number of fused-ring (bicyclic) bond motifs is 1. The Balaban J connectivity index is 1.81. The lowest BCUT2D eigenvalue weighted by atomic mass is 9.98. The Hall–Kier alpha value is -3.38. The molecule has 2 heterocycles. The molecule has 5 N–H and O–H groups in total. The molecule has 0 bridgehead atoms. The molecule has 190 valence electrons. The predicted octanol–water partition coefficient (Wildman–Crippen LogP) is 1.44. The smallest absolute Gasteiger partial charge is 0.228 e. The second-order valence-electron chi connectivity index (χ2n) is 8.18. The van der Waals surface area contributed by atoms with Gasteiger partial charge in [-0.1, -0.05) is 0 Å².